The second-order valence-electron chi connectivity index (χ2n) is 8.35. The molecule has 2 fully saturated rings. The Morgan fingerprint density at radius 3 is 2.57 bits per heavy atom. The molecule has 2 aliphatic heterocycles. The van der Waals surface area contributed by atoms with Gasteiger partial charge in [-0.25, -0.2) is 0 Å². The second kappa shape index (κ2) is 8.55. The highest BCUT2D eigenvalue weighted by Crippen LogP contribution is 2.37. The number of para-hydroxylation sites is 1. The van der Waals surface area contributed by atoms with Crippen molar-refractivity contribution in [1.29, 1.82) is 0 Å². The number of rotatable bonds is 5. The standard InChI is InChI=1S/C23H27N3O2S2/c1-15(2)10-13-26-22(28)19(30-23(26)29)14-17-20(25-11-6-7-12-25)16-8-4-5-9-18(16)24(3)21(17)27/h4-5,8-9,14-15H,6-7,10-13H2,1-3H3. The van der Waals surface area contributed by atoms with E-state index < -0.39 is 0 Å². The third kappa shape index (κ3) is 3.81. The van der Waals surface area contributed by atoms with E-state index in [4.69, 9.17) is 12.2 Å². The lowest BCUT2D eigenvalue weighted by Gasteiger charge is -2.23. The molecular weight excluding hydrogens is 414 g/mol. The largest absolute Gasteiger partial charge is 0.370 e. The zero-order chi connectivity index (χ0) is 21.4. The maximum Gasteiger partial charge on any atom is 0.266 e. The number of carbonyl (C=O) groups excluding carboxylic acids is 1. The van der Waals surface area contributed by atoms with Gasteiger partial charge in [-0.3, -0.25) is 14.5 Å². The molecule has 5 nitrogen and oxygen atoms in total. The number of amides is 1. The summed E-state index contributed by atoms with van der Waals surface area (Å²) in [6.45, 7) is 6.73. The van der Waals surface area contributed by atoms with Crippen molar-refractivity contribution in [2.24, 2.45) is 13.0 Å². The minimum atomic E-state index is -0.0896. The van der Waals surface area contributed by atoms with E-state index in [1.54, 1.807) is 22.6 Å². The first-order valence-corrected chi connectivity index (χ1v) is 11.7. The van der Waals surface area contributed by atoms with Gasteiger partial charge < -0.3 is 9.47 Å². The van der Waals surface area contributed by atoms with E-state index in [0.717, 1.165) is 48.9 Å². The lowest BCUT2D eigenvalue weighted by Crippen LogP contribution is -2.30. The molecule has 1 amide bonds. The number of carbonyl (C=O) groups is 1. The summed E-state index contributed by atoms with van der Waals surface area (Å²) in [5, 5.41) is 1.04. The van der Waals surface area contributed by atoms with E-state index >= 15 is 0 Å². The summed E-state index contributed by atoms with van der Waals surface area (Å²) in [5.41, 5.74) is 2.36. The molecule has 0 atom stereocenters. The molecule has 158 valence electrons. The maximum absolute atomic E-state index is 13.4. The van der Waals surface area contributed by atoms with Crippen molar-refractivity contribution in [3.63, 3.8) is 0 Å². The van der Waals surface area contributed by atoms with E-state index in [-0.39, 0.29) is 11.5 Å². The lowest BCUT2D eigenvalue weighted by atomic mass is 10.1. The van der Waals surface area contributed by atoms with Crippen LogP contribution in [0.15, 0.2) is 34.0 Å². The third-order valence-electron chi connectivity index (χ3n) is 5.81. The number of thioether (sulfide) groups is 1. The molecule has 1 aromatic heterocycles. The predicted octanol–water partition coefficient (Wildman–Crippen LogP) is 4.39. The van der Waals surface area contributed by atoms with E-state index in [2.05, 4.69) is 24.8 Å². The highest BCUT2D eigenvalue weighted by atomic mass is 32.2. The normalized spacial score (nSPS) is 18.6. The van der Waals surface area contributed by atoms with Crippen molar-refractivity contribution >= 4 is 56.9 Å². The van der Waals surface area contributed by atoms with Gasteiger partial charge in [-0.05, 0) is 37.3 Å². The quantitative estimate of drug-likeness (QED) is 0.509. The number of pyridine rings is 1. The minimum absolute atomic E-state index is 0.0805. The van der Waals surface area contributed by atoms with Crippen LogP contribution in [0.5, 0.6) is 0 Å². The molecule has 0 N–H and O–H groups in total. The molecule has 3 heterocycles. The highest BCUT2D eigenvalue weighted by molar-refractivity contribution is 8.26. The molecule has 1 aromatic carbocycles. The summed E-state index contributed by atoms with van der Waals surface area (Å²) in [7, 11) is 1.80. The average Bonchev–Trinajstić information content (AvgIpc) is 3.33. The van der Waals surface area contributed by atoms with Crippen LogP contribution in [0.4, 0.5) is 5.69 Å². The van der Waals surface area contributed by atoms with Gasteiger partial charge in [0.05, 0.1) is 21.7 Å². The Morgan fingerprint density at radius 2 is 1.87 bits per heavy atom. The molecule has 30 heavy (non-hydrogen) atoms. The SMILES string of the molecule is CC(C)CCN1C(=O)C(=Cc2c(N3CCCC3)c3ccccc3n(C)c2=O)SC1=S. The number of benzene rings is 1. The van der Waals surface area contributed by atoms with Crippen LogP contribution in [0, 0.1) is 5.92 Å². The molecule has 0 spiro atoms. The molecular formula is C23H27N3O2S2. The van der Waals surface area contributed by atoms with E-state index in [1.807, 2.05) is 18.2 Å². The third-order valence-corrected chi connectivity index (χ3v) is 7.19. The van der Waals surface area contributed by atoms with E-state index in [0.29, 0.717) is 27.3 Å². The first-order valence-electron chi connectivity index (χ1n) is 10.5. The minimum Gasteiger partial charge on any atom is -0.370 e. The molecule has 7 heteroatoms. The van der Waals surface area contributed by atoms with Gasteiger partial charge in [0.15, 0.2) is 0 Å². The van der Waals surface area contributed by atoms with Gasteiger partial charge in [0.25, 0.3) is 11.5 Å². The molecule has 0 radical (unpaired) electrons. The lowest BCUT2D eigenvalue weighted by molar-refractivity contribution is -0.122. The van der Waals surface area contributed by atoms with Crippen LogP contribution in [-0.4, -0.2) is 39.3 Å². The first kappa shape index (κ1) is 21.1. The molecule has 2 saturated heterocycles. The summed E-state index contributed by atoms with van der Waals surface area (Å²) < 4.78 is 2.26. The molecule has 0 aliphatic carbocycles. The van der Waals surface area contributed by atoms with Gasteiger partial charge in [-0.1, -0.05) is 56.0 Å². The summed E-state index contributed by atoms with van der Waals surface area (Å²) in [6.07, 6.45) is 4.90. The van der Waals surface area contributed by atoms with Gasteiger partial charge in [0.1, 0.15) is 4.32 Å². The van der Waals surface area contributed by atoms with Crippen molar-refractivity contribution in [1.82, 2.24) is 9.47 Å². The van der Waals surface area contributed by atoms with Crippen molar-refractivity contribution < 1.29 is 4.79 Å². The van der Waals surface area contributed by atoms with Crippen LogP contribution in [0.3, 0.4) is 0 Å². The van der Waals surface area contributed by atoms with E-state index in [1.165, 1.54) is 11.8 Å². The summed E-state index contributed by atoms with van der Waals surface area (Å²) in [4.78, 5) is 30.9. The van der Waals surface area contributed by atoms with Crippen LogP contribution in [-0.2, 0) is 11.8 Å². The average molecular weight is 442 g/mol. The maximum atomic E-state index is 13.4. The van der Waals surface area contributed by atoms with Crippen LogP contribution in [0.2, 0.25) is 0 Å². The Labute approximate surface area is 186 Å². The van der Waals surface area contributed by atoms with Crippen molar-refractivity contribution in [3.8, 4) is 0 Å². The topological polar surface area (TPSA) is 45.6 Å². The smallest absolute Gasteiger partial charge is 0.266 e. The number of thiocarbonyl (C=S) groups is 1. The van der Waals surface area contributed by atoms with Crippen molar-refractivity contribution in [3.05, 3.63) is 45.1 Å². The van der Waals surface area contributed by atoms with Crippen molar-refractivity contribution in [2.45, 2.75) is 33.1 Å². The van der Waals surface area contributed by atoms with Gasteiger partial charge in [-0.15, -0.1) is 0 Å². The van der Waals surface area contributed by atoms with E-state index in [9.17, 15) is 9.59 Å². The van der Waals surface area contributed by atoms with Crippen LogP contribution >= 0.6 is 24.0 Å². The Balaban J connectivity index is 1.84. The number of fused-ring (bicyclic) bond motifs is 1. The molecule has 2 aliphatic rings. The van der Waals surface area contributed by atoms with Crippen LogP contribution in [0.1, 0.15) is 38.7 Å². The zero-order valence-corrected chi connectivity index (χ0v) is 19.3. The van der Waals surface area contributed by atoms with Crippen LogP contribution in [0.25, 0.3) is 17.0 Å². The predicted molar refractivity (Wildman–Crippen MR) is 130 cm³/mol. The zero-order valence-electron chi connectivity index (χ0n) is 17.7. The molecule has 4 rings (SSSR count). The number of aromatic nitrogens is 1. The number of aryl methyl sites for hydroxylation is 1. The fourth-order valence-corrected chi connectivity index (χ4v) is 5.42. The first-order chi connectivity index (χ1) is 14.4. The number of hydrogen-bond acceptors (Lipinski definition) is 5. The Bertz CT molecular complexity index is 1100. The highest BCUT2D eigenvalue weighted by Gasteiger charge is 2.33. The fourth-order valence-electron chi connectivity index (χ4n) is 4.13. The van der Waals surface area contributed by atoms with Crippen molar-refractivity contribution in [2.75, 3.05) is 24.5 Å². The summed E-state index contributed by atoms with van der Waals surface area (Å²) >= 11 is 6.77. The molecule has 2 aromatic rings. The second-order valence-corrected chi connectivity index (χ2v) is 10.0. The Kier molecular flexibility index (Phi) is 6.02. The van der Waals surface area contributed by atoms with Gasteiger partial charge >= 0.3 is 0 Å². The monoisotopic (exact) mass is 441 g/mol. The Hall–Kier alpha value is -2.12. The Morgan fingerprint density at radius 1 is 1.17 bits per heavy atom. The fraction of sp³-hybridized carbons (Fsp3) is 0.435. The molecule has 0 saturated carbocycles. The van der Waals surface area contributed by atoms with Crippen LogP contribution < -0.4 is 10.5 Å². The number of anilines is 1. The van der Waals surface area contributed by atoms with Gasteiger partial charge in [0.2, 0.25) is 0 Å². The van der Waals surface area contributed by atoms with Gasteiger partial charge in [0, 0.05) is 32.1 Å². The molecule has 0 bridgehead atoms. The number of hydrogen-bond donors (Lipinski definition) is 0. The summed E-state index contributed by atoms with van der Waals surface area (Å²) in [5.74, 6) is 0.404. The van der Waals surface area contributed by atoms with Gasteiger partial charge in [-0.2, -0.15) is 0 Å². The number of nitrogens with zero attached hydrogens (tertiary/aromatic N) is 3. The molecule has 0 unspecified atom stereocenters. The summed E-state index contributed by atoms with van der Waals surface area (Å²) in [6, 6.07) is 8.00.